The van der Waals surface area contributed by atoms with Crippen molar-refractivity contribution >= 4 is 33.0 Å². The summed E-state index contributed by atoms with van der Waals surface area (Å²) in [5.74, 6) is -0.789. The molecule has 0 atom stereocenters. The molecule has 1 N–H and O–H groups in total. The van der Waals surface area contributed by atoms with Crippen molar-refractivity contribution in [1.82, 2.24) is 9.71 Å². The van der Waals surface area contributed by atoms with Crippen LogP contribution in [0.25, 0.3) is 0 Å². The third-order valence-electron chi connectivity index (χ3n) is 3.41. The van der Waals surface area contributed by atoms with Gasteiger partial charge in [-0.2, -0.15) is 0 Å². The maximum Gasteiger partial charge on any atom is 0.276 e. The minimum absolute atomic E-state index is 0.218. The largest absolute Gasteiger partial charge is 0.276 e. The number of aromatic nitrogens is 1. The van der Waals surface area contributed by atoms with E-state index in [-0.39, 0.29) is 15.5 Å². The van der Waals surface area contributed by atoms with Crippen molar-refractivity contribution in [2.75, 3.05) is 0 Å². The van der Waals surface area contributed by atoms with Gasteiger partial charge in [0.05, 0.1) is 20.5 Å². The summed E-state index contributed by atoms with van der Waals surface area (Å²) in [6.07, 6.45) is 1.56. The first-order valence-corrected chi connectivity index (χ1v) is 9.74. The molecule has 10 heteroatoms. The van der Waals surface area contributed by atoms with Gasteiger partial charge in [0, 0.05) is 12.1 Å². The minimum atomic E-state index is -4.24. The topological polar surface area (TPSA) is 119 Å². The number of rotatable bonds is 6. The lowest BCUT2D eigenvalue weighted by atomic mass is 10.2. The third kappa shape index (κ3) is 4.20. The summed E-state index contributed by atoms with van der Waals surface area (Å²) in [5.41, 5.74) is 0.396. The maximum absolute atomic E-state index is 12.5. The smallest absolute Gasteiger partial charge is 0.267 e. The van der Waals surface area contributed by atoms with E-state index in [2.05, 4.69) is 4.98 Å². The summed E-state index contributed by atoms with van der Waals surface area (Å²) in [5, 5.41) is 11.6. The van der Waals surface area contributed by atoms with Gasteiger partial charge in [-0.1, -0.05) is 13.0 Å². The Morgan fingerprint density at radius 3 is 2.64 bits per heavy atom. The molecule has 1 amide bonds. The summed E-state index contributed by atoms with van der Waals surface area (Å²) in [6.45, 7) is 5.11. The lowest BCUT2D eigenvalue weighted by molar-refractivity contribution is -0.385. The van der Waals surface area contributed by atoms with Gasteiger partial charge in [-0.3, -0.25) is 14.9 Å². The normalized spacial score (nSPS) is 11.3. The summed E-state index contributed by atoms with van der Waals surface area (Å²) >= 11 is 1.14. The number of nitrogens with one attached hydrogen (secondary N) is 1. The molecule has 2 rings (SSSR count). The fourth-order valence-corrected chi connectivity index (χ4v) is 4.55. The highest BCUT2D eigenvalue weighted by molar-refractivity contribution is 7.90. The number of carbonyl (C=O) groups is 1. The van der Waals surface area contributed by atoms with E-state index in [1.54, 1.807) is 6.92 Å². The molecule has 1 aromatic carbocycles. The summed E-state index contributed by atoms with van der Waals surface area (Å²) in [4.78, 5) is 26.7. The van der Waals surface area contributed by atoms with E-state index in [0.29, 0.717) is 17.7 Å². The Hall–Kier alpha value is -2.33. The number of hydrogen-bond acceptors (Lipinski definition) is 7. The first kappa shape index (κ1) is 19.0. The zero-order valence-corrected chi connectivity index (χ0v) is 15.5. The predicted molar refractivity (Wildman–Crippen MR) is 93.3 cm³/mol. The number of benzene rings is 1. The number of sulfonamides is 1. The van der Waals surface area contributed by atoms with Crippen LogP contribution in [0.3, 0.4) is 0 Å². The van der Waals surface area contributed by atoms with Crippen LogP contribution in [0.15, 0.2) is 23.1 Å². The SMILES string of the molecule is CCCc1nc(C)c(C(=O)NS(=O)(=O)c2cc([N+](=O)[O-])ccc2C)s1. The van der Waals surface area contributed by atoms with Gasteiger partial charge in [0.15, 0.2) is 0 Å². The van der Waals surface area contributed by atoms with Crippen molar-refractivity contribution in [3.8, 4) is 0 Å². The number of amides is 1. The molecule has 1 heterocycles. The second kappa shape index (κ2) is 7.28. The Bertz CT molecular complexity index is 935. The Morgan fingerprint density at radius 1 is 1.36 bits per heavy atom. The van der Waals surface area contributed by atoms with Crippen LogP contribution < -0.4 is 4.72 Å². The second-order valence-electron chi connectivity index (χ2n) is 5.41. The van der Waals surface area contributed by atoms with Crippen molar-refractivity contribution < 1.29 is 18.1 Å². The van der Waals surface area contributed by atoms with Gasteiger partial charge < -0.3 is 0 Å². The lowest BCUT2D eigenvalue weighted by Gasteiger charge is -2.08. The van der Waals surface area contributed by atoms with Gasteiger partial charge in [0.1, 0.15) is 4.88 Å². The molecular weight excluding hydrogens is 366 g/mol. The van der Waals surface area contributed by atoms with Crippen LogP contribution in [-0.4, -0.2) is 24.2 Å². The van der Waals surface area contributed by atoms with Crippen LogP contribution in [-0.2, 0) is 16.4 Å². The minimum Gasteiger partial charge on any atom is -0.267 e. The van der Waals surface area contributed by atoms with Crippen LogP contribution in [0, 0.1) is 24.0 Å². The summed E-state index contributed by atoms with van der Waals surface area (Å²) in [7, 11) is -4.24. The Balaban J connectivity index is 2.34. The van der Waals surface area contributed by atoms with Gasteiger partial charge in [-0.15, -0.1) is 11.3 Å². The molecular formula is C15H17N3O5S2. The van der Waals surface area contributed by atoms with Gasteiger partial charge in [0.25, 0.3) is 21.6 Å². The molecule has 2 aromatic rings. The Morgan fingerprint density at radius 2 is 2.04 bits per heavy atom. The fourth-order valence-electron chi connectivity index (χ4n) is 2.20. The summed E-state index contributed by atoms with van der Waals surface area (Å²) < 4.78 is 26.9. The molecule has 0 radical (unpaired) electrons. The van der Waals surface area contributed by atoms with Crippen molar-refractivity contribution in [2.24, 2.45) is 0 Å². The van der Waals surface area contributed by atoms with Gasteiger partial charge in [-0.25, -0.2) is 18.1 Å². The number of carbonyl (C=O) groups excluding carboxylic acids is 1. The molecule has 0 aliphatic rings. The first-order valence-electron chi connectivity index (χ1n) is 7.44. The Labute approximate surface area is 149 Å². The van der Waals surface area contributed by atoms with E-state index in [9.17, 15) is 23.3 Å². The molecule has 0 saturated carbocycles. The van der Waals surface area contributed by atoms with E-state index in [1.807, 2.05) is 11.6 Å². The highest BCUT2D eigenvalue weighted by atomic mass is 32.2. The average Bonchev–Trinajstić information content (AvgIpc) is 2.88. The molecule has 1 aromatic heterocycles. The van der Waals surface area contributed by atoms with Crippen LogP contribution >= 0.6 is 11.3 Å². The van der Waals surface area contributed by atoms with E-state index in [0.717, 1.165) is 28.8 Å². The van der Waals surface area contributed by atoms with E-state index in [4.69, 9.17) is 0 Å². The van der Waals surface area contributed by atoms with Gasteiger partial charge in [0.2, 0.25) is 0 Å². The van der Waals surface area contributed by atoms with E-state index >= 15 is 0 Å². The first-order chi connectivity index (χ1) is 11.7. The van der Waals surface area contributed by atoms with E-state index < -0.39 is 20.9 Å². The van der Waals surface area contributed by atoms with E-state index in [1.165, 1.54) is 19.1 Å². The van der Waals surface area contributed by atoms with Gasteiger partial charge >= 0.3 is 0 Å². The molecule has 0 bridgehead atoms. The zero-order chi connectivity index (χ0) is 18.8. The molecule has 0 saturated heterocycles. The zero-order valence-electron chi connectivity index (χ0n) is 13.9. The summed E-state index contributed by atoms with van der Waals surface area (Å²) in [6, 6.07) is 3.47. The van der Waals surface area contributed by atoms with Crippen LogP contribution in [0.2, 0.25) is 0 Å². The number of hydrogen-bond donors (Lipinski definition) is 1. The quantitative estimate of drug-likeness (QED) is 0.605. The van der Waals surface area contributed by atoms with Crippen molar-refractivity contribution in [3.63, 3.8) is 0 Å². The van der Waals surface area contributed by atoms with Crippen molar-refractivity contribution in [1.29, 1.82) is 0 Å². The number of nitrogens with zero attached hydrogens (tertiary/aromatic N) is 2. The van der Waals surface area contributed by atoms with Gasteiger partial charge in [-0.05, 0) is 32.3 Å². The molecule has 0 spiro atoms. The second-order valence-corrected chi connectivity index (χ2v) is 8.15. The number of aryl methyl sites for hydroxylation is 3. The molecule has 8 nitrogen and oxygen atoms in total. The maximum atomic E-state index is 12.5. The van der Waals surface area contributed by atoms with Crippen LogP contribution in [0.5, 0.6) is 0 Å². The predicted octanol–water partition coefficient (Wildman–Crippen LogP) is 2.74. The molecule has 0 fully saturated rings. The molecule has 0 aliphatic heterocycles. The van der Waals surface area contributed by atoms with Crippen molar-refractivity contribution in [3.05, 3.63) is 49.5 Å². The van der Waals surface area contributed by atoms with Crippen LogP contribution in [0.1, 0.15) is 39.3 Å². The lowest BCUT2D eigenvalue weighted by Crippen LogP contribution is -2.31. The van der Waals surface area contributed by atoms with Crippen molar-refractivity contribution in [2.45, 2.75) is 38.5 Å². The number of nitro groups is 1. The number of non-ortho nitro benzene ring substituents is 1. The molecule has 134 valence electrons. The monoisotopic (exact) mass is 383 g/mol. The highest BCUT2D eigenvalue weighted by Gasteiger charge is 2.25. The number of thiazole rings is 1. The number of nitro benzene ring substituents is 1. The molecule has 25 heavy (non-hydrogen) atoms. The molecule has 0 aliphatic carbocycles. The van der Waals surface area contributed by atoms with Crippen LogP contribution in [0.4, 0.5) is 5.69 Å². The molecule has 0 unspecified atom stereocenters. The highest BCUT2D eigenvalue weighted by Crippen LogP contribution is 2.23. The standard InChI is InChI=1S/C15H17N3O5S2/c1-4-5-13-16-10(3)14(24-13)15(19)17-25(22,23)12-8-11(18(20)21)7-6-9(12)2/h6-8H,4-5H2,1-3H3,(H,17,19). The third-order valence-corrected chi connectivity index (χ3v) is 6.10. The Kier molecular flexibility index (Phi) is 5.53. The fraction of sp³-hybridized carbons (Fsp3) is 0.333. The average molecular weight is 383 g/mol.